The summed E-state index contributed by atoms with van der Waals surface area (Å²) in [5.41, 5.74) is 1.05. The topological polar surface area (TPSA) is 21.6 Å². The smallest absolute Gasteiger partial charge is 0.137 e. The Bertz CT molecular complexity index is 127. The molecule has 0 aliphatic carbocycles. The molecule has 0 aromatic carbocycles. The maximum atomic E-state index is 5.04. The lowest BCUT2D eigenvalue weighted by Crippen LogP contribution is -2.17. The zero-order chi connectivity index (χ0) is 8.20. The predicted molar refractivity (Wildman–Crippen MR) is 44.2 cm³/mol. The highest BCUT2D eigenvalue weighted by molar-refractivity contribution is 5.83. The highest BCUT2D eigenvalue weighted by Gasteiger charge is 2.25. The molecule has 60 valence electrons. The highest BCUT2D eigenvalue weighted by Crippen LogP contribution is 2.21. The second kappa shape index (κ2) is 3.59. The van der Waals surface area contributed by atoms with Crippen molar-refractivity contribution in [2.45, 2.75) is 46.6 Å². The summed E-state index contributed by atoms with van der Waals surface area (Å²) in [5.74, 6) is 0. The Kier molecular flexibility index (Phi) is 3.40. The van der Waals surface area contributed by atoms with Crippen molar-refractivity contribution in [3.8, 4) is 0 Å². The summed E-state index contributed by atoms with van der Waals surface area (Å²) < 4.78 is 0. The van der Waals surface area contributed by atoms with Crippen molar-refractivity contribution in [2.24, 2.45) is 5.16 Å². The van der Waals surface area contributed by atoms with Crippen molar-refractivity contribution in [2.75, 3.05) is 0 Å². The zero-order valence-electron chi connectivity index (χ0n) is 7.56. The van der Waals surface area contributed by atoms with E-state index in [1.54, 1.807) is 0 Å². The number of rotatable bonds is 0. The van der Waals surface area contributed by atoms with E-state index in [9.17, 15) is 0 Å². The third-order valence-corrected chi connectivity index (χ3v) is 1.13. The Labute approximate surface area is 63.3 Å². The maximum Gasteiger partial charge on any atom is 0.137 e. The molecule has 0 unspecified atom stereocenters. The number of nitrogens with zero attached hydrogens (tertiary/aromatic N) is 1. The molecule has 1 rings (SSSR count). The number of hydrogen-bond acceptors (Lipinski definition) is 2. The van der Waals surface area contributed by atoms with Crippen LogP contribution in [0.4, 0.5) is 0 Å². The lowest BCUT2D eigenvalue weighted by Gasteiger charge is -2.12. The summed E-state index contributed by atoms with van der Waals surface area (Å²) in [7, 11) is 0. The molecule has 0 N–H and O–H groups in total. The second-order valence-corrected chi connectivity index (χ2v) is 2.85. The van der Waals surface area contributed by atoms with Crippen molar-refractivity contribution >= 4 is 5.71 Å². The van der Waals surface area contributed by atoms with Crippen LogP contribution in [-0.2, 0) is 4.84 Å². The van der Waals surface area contributed by atoms with Crippen molar-refractivity contribution in [3.63, 3.8) is 0 Å². The van der Waals surface area contributed by atoms with Crippen LogP contribution in [0.5, 0.6) is 0 Å². The minimum atomic E-state index is -0.0376. The van der Waals surface area contributed by atoms with Gasteiger partial charge < -0.3 is 4.84 Å². The van der Waals surface area contributed by atoms with Crippen LogP contribution in [0.3, 0.4) is 0 Å². The summed E-state index contributed by atoms with van der Waals surface area (Å²) in [5, 5.41) is 3.81. The van der Waals surface area contributed by atoms with Gasteiger partial charge in [-0.25, -0.2) is 0 Å². The summed E-state index contributed by atoms with van der Waals surface area (Å²) in [4.78, 5) is 5.04. The molecule has 0 bridgehead atoms. The average molecular weight is 143 g/mol. The molecule has 10 heavy (non-hydrogen) atoms. The first kappa shape index (κ1) is 9.47. The maximum absolute atomic E-state index is 5.04. The van der Waals surface area contributed by atoms with E-state index in [1.807, 2.05) is 34.6 Å². The van der Waals surface area contributed by atoms with Gasteiger partial charge in [-0.3, -0.25) is 0 Å². The lowest BCUT2D eigenvalue weighted by atomic mass is 10.0. The van der Waals surface area contributed by atoms with Crippen molar-refractivity contribution in [1.82, 2.24) is 0 Å². The van der Waals surface area contributed by atoms with Gasteiger partial charge in [-0.15, -0.1) is 0 Å². The van der Waals surface area contributed by atoms with E-state index in [4.69, 9.17) is 4.84 Å². The standard InChI is InChI=1S/C6H11NO.C2H6/c1-5-4-6(2,3)8-7-5;1-2/h4H2,1-3H3;1-2H3. The van der Waals surface area contributed by atoms with Gasteiger partial charge in [-0.05, 0) is 20.8 Å². The van der Waals surface area contributed by atoms with E-state index >= 15 is 0 Å². The van der Waals surface area contributed by atoms with E-state index in [0.29, 0.717) is 0 Å². The molecule has 0 atom stereocenters. The van der Waals surface area contributed by atoms with Gasteiger partial charge in [0.2, 0.25) is 0 Å². The Morgan fingerprint density at radius 3 is 2.00 bits per heavy atom. The Hall–Kier alpha value is -0.530. The average Bonchev–Trinajstić information content (AvgIpc) is 2.15. The Morgan fingerprint density at radius 1 is 1.40 bits per heavy atom. The minimum Gasteiger partial charge on any atom is -0.389 e. The van der Waals surface area contributed by atoms with E-state index in [2.05, 4.69) is 5.16 Å². The van der Waals surface area contributed by atoms with Gasteiger partial charge in [0.1, 0.15) is 5.60 Å². The van der Waals surface area contributed by atoms with Gasteiger partial charge in [-0.2, -0.15) is 0 Å². The first-order valence-electron chi connectivity index (χ1n) is 3.82. The SMILES string of the molecule is CC.CC1=NOC(C)(C)C1. The van der Waals surface area contributed by atoms with E-state index < -0.39 is 0 Å². The third kappa shape index (κ3) is 2.85. The molecule has 1 heterocycles. The van der Waals surface area contributed by atoms with Crippen LogP contribution >= 0.6 is 0 Å². The van der Waals surface area contributed by atoms with Gasteiger partial charge in [0.05, 0.1) is 5.71 Å². The molecule has 1 aliphatic heterocycles. The van der Waals surface area contributed by atoms with Gasteiger partial charge in [0.25, 0.3) is 0 Å². The normalized spacial score (nSPS) is 20.3. The van der Waals surface area contributed by atoms with Crippen molar-refractivity contribution in [3.05, 3.63) is 0 Å². The molecule has 0 fully saturated rings. The molecular formula is C8H17NO. The summed E-state index contributed by atoms with van der Waals surface area (Å²) >= 11 is 0. The second-order valence-electron chi connectivity index (χ2n) is 2.85. The number of hydrogen-bond donors (Lipinski definition) is 0. The van der Waals surface area contributed by atoms with E-state index in [0.717, 1.165) is 12.1 Å². The first-order chi connectivity index (χ1) is 4.60. The van der Waals surface area contributed by atoms with E-state index in [1.165, 1.54) is 0 Å². The highest BCUT2D eigenvalue weighted by atomic mass is 16.7. The van der Waals surface area contributed by atoms with Gasteiger partial charge in [0, 0.05) is 6.42 Å². The molecule has 0 aromatic heterocycles. The quantitative estimate of drug-likeness (QED) is 0.510. The molecular weight excluding hydrogens is 126 g/mol. The summed E-state index contributed by atoms with van der Waals surface area (Å²) in [6.45, 7) is 10.1. The monoisotopic (exact) mass is 143 g/mol. The molecule has 1 aliphatic rings. The van der Waals surface area contributed by atoms with Crippen LogP contribution in [-0.4, -0.2) is 11.3 Å². The molecule has 0 aromatic rings. The van der Waals surface area contributed by atoms with Crippen LogP contribution in [0.15, 0.2) is 5.16 Å². The van der Waals surface area contributed by atoms with Crippen molar-refractivity contribution in [1.29, 1.82) is 0 Å². The largest absolute Gasteiger partial charge is 0.389 e. The van der Waals surface area contributed by atoms with Crippen LogP contribution < -0.4 is 0 Å². The first-order valence-corrected chi connectivity index (χ1v) is 3.82. The molecule has 0 saturated heterocycles. The van der Waals surface area contributed by atoms with Crippen LogP contribution in [0.25, 0.3) is 0 Å². The summed E-state index contributed by atoms with van der Waals surface area (Å²) in [6, 6.07) is 0. The Balaban J connectivity index is 0.000000371. The van der Waals surface area contributed by atoms with Crippen molar-refractivity contribution < 1.29 is 4.84 Å². The van der Waals surface area contributed by atoms with Gasteiger partial charge in [-0.1, -0.05) is 19.0 Å². The molecule has 0 amide bonds. The van der Waals surface area contributed by atoms with Crippen LogP contribution in [0, 0.1) is 0 Å². The molecule has 2 heteroatoms. The molecule has 0 radical (unpaired) electrons. The van der Waals surface area contributed by atoms with E-state index in [-0.39, 0.29) is 5.60 Å². The summed E-state index contributed by atoms with van der Waals surface area (Å²) in [6.07, 6.45) is 0.965. The molecule has 0 saturated carbocycles. The molecule has 0 spiro atoms. The van der Waals surface area contributed by atoms with Crippen LogP contribution in [0.2, 0.25) is 0 Å². The fourth-order valence-corrected chi connectivity index (χ4v) is 0.882. The van der Waals surface area contributed by atoms with Gasteiger partial charge >= 0.3 is 0 Å². The van der Waals surface area contributed by atoms with Crippen LogP contribution in [0.1, 0.15) is 41.0 Å². The minimum absolute atomic E-state index is 0.0376. The fraction of sp³-hybridized carbons (Fsp3) is 0.875. The zero-order valence-corrected chi connectivity index (χ0v) is 7.56. The number of oxime groups is 1. The van der Waals surface area contributed by atoms with Gasteiger partial charge in [0.15, 0.2) is 0 Å². The Morgan fingerprint density at radius 2 is 1.90 bits per heavy atom. The lowest BCUT2D eigenvalue weighted by molar-refractivity contribution is 0.0123. The third-order valence-electron chi connectivity index (χ3n) is 1.13. The fourth-order valence-electron chi connectivity index (χ4n) is 0.882. The molecule has 2 nitrogen and oxygen atoms in total. The predicted octanol–water partition coefficient (Wildman–Crippen LogP) is 2.59.